The number of benzene rings is 1. The summed E-state index contributed by atoms with van der Waals surface area (Å²) in [5.41, 5.74) is 0.349. The molecule has 1 aromatic carbocycles. The van der Waals surface area contributed by atoms with Gasteiger partial charge in [0.05, 0.1) is 5.56 Å². The molecule has 0 aromatic heterocycles. The van der Waals surface area contributed by atoms with Gasteiger partial charge in [-0.05, 0) is 43.0 Å². The standard InChI is InChI=1S/C16H23NO3/c1-10(2)16(5,11(3)4)17-14(18)12-6-8-13(9-7-12)15(19)20/h6-11H,1-5H3,(H,17,18)(H,19,20). The van der Waals surface area contributed by atoms with Gasteiger partial charge in [0.2, 0.25) is 0 Å². The Bertz CT molecular complexity index is 481. The molecule has 4 nitrogen and oxygen atoms in total. The van der Waals surface area contributed by atoms with Crippen LogP contribution in [0.3, 0.4) is 0 Å². The van der Waals surface area contributed by atoms with Crippen LogP contribution in [0.4, 0.5) is 0 Å². The lowest BCUT2D eigenvalue weighted by atomic mass is 9.78. The summed E-state index contributed by atoms with van der Waals surface area (Å²) in [5.74, 6) is -0.576. The van der Waals surface area contributed by atoms with Gasteiger partial charge in [-0.15, -0.1) is 0 Å². The molecule has 1 aromatic rings. The molecule has 0 unspecified atom stereocenters. The minimum absolute atomic E-state index is 0.174. The number of carbonyl (C=O) groups is 2. The lowest BCUT2D eigenvalue weighted by Gasteiger charge is -2.38. The molecule has 0 atom stereocenters. The van der Waals surface area contributed by atoms with Crippen molar-refractivity contribution in [3.05, 3.63) is 35.4 Å². The van der Waals surface area contributed by atoms with Crippen LogP contribution in [0.15, 0.2) is 24.3 Å². The second kappa shape index (κ2) is 6.07. The van der Waals surface area contributed by atoms with Crippen LogP contribution in [0, 0.1) is 11.8 Å². The zero-order valence-corrected chi connectivity index (χ0v) is 12.7. The van der Waals surface area contributed by atoms with Gasteiger partial charge in [0.15, 0.2) is 0 Å². The van der Waals surface area contributed by atoms with Gasteiger partial charge in [0.25, 0.3) is 5.91 Å². The minimum Gasteiger partial charge on any atom is -0.478 e. The van der Waals surface area contributed by atoms with E-state index in [1.165, 1.54) is 12.1 Å². The summed E-state index contributed by atoms with van der Waals surface area (Å²) in [4.78, 5) is 23.1. The number of amides is 1. The Morgan fingerprint density at radius 2 is 1.40 bits per heavy atom. The van der Waals surface area contributed by atoms with Gasteiger partial charge in [-0.2, -0.15) is 0 Å². The molecule has 0 aliphatic heterocycles. The van der Waals surface area contributed by atoms with Crippen LogP contribution in [0.1, 0.15) is 55.3 Å². The maximum Gasteiger partial charge on any atom is 0.335 e. The van der Waals surface area contributed by atoms with Gasteiger partial charge in [-0.25, -0.2) is 4.79 Å². The largest absolute Gasteiger partial charge is 0.478 e. The Balaban J connectivity index is 2.92. The molecule has 110 valence electrons. The van der Waals surface area contributed by atoms with Crippen LogP contribution in [0.25, 0.3) is 0 Å². The van der Waals surface area contributed by atoms with E-state index in [1.54, 1.807) is 12.1 Å². The molecule has 0 spiro atoms. The van der Waals surface area contributed by atoms with Crippen molar-refractivity contribution < 1.29 is 14.7 Å². The van der Waals surface area contributed by atoms with E-state index in [9.17, 15) is 9.59 Å². The molecule has 0 saturated heterocycles. The number of carboxylic acids is 1. The Kier molecular flexibility index (Phi) is 4.93. The first-order chi connectivity index (χ1) is 9.18. The van der Waals surface area contributed by atoms with Crippen molar-refractivity contribution in [3.8, 4) is 0 Å². The van der Waals surface area contributed by atoms with E-state index < -0.39 is 5.97 Å². The fraction of sp³-hybridized carbons (Fsp3) is 0.500. The quantitative estimate of drug-likeness (QED) is 0.868. The molecule has 0 radical (unpaired) electrons. The Morgan fingerprint density at radius 3 is 1.75 bits per heavy atom. The summed E-state index contributed by atoms with van der Waals surface area (Å²) in [5, 5.41) is 11.9. The van der Waals surface area contributed by atoms with Gasteiger partial charge in [0.1, 0.15) is 0 Å². The summed E-state index contributed by atoms with van der Waals surface area (Å²) in [6.07, 6.45) is 0. The highest BCUT2D eigenvalue weighted by atomic mass is 16.4. The first-order valence-corrected chi connectivity index (χ1v) is 6.84. The molecule has 0 aliphatic rings. The van der Waals surface area contributed by atoms with Crippen molar-refractivity contribution in [2.45, 2.75) is 40.2 Å². The fourth-order valence-corrected chi connectivity index (χ4v) is 2.04. The van der Waals surface area contributed by atoms with Crippen molar-refractivity contribution in [1.82, 2.24) is 5.32 Å². The van der Waals surface area contributed by atoms with E-state index >= 15 is 0 Å². The Hall–Kier alpha value is -1.84. The third kappa shape index (κ3) is 3.38. The maximum atomic E-state index is 12.3. The summed E-state index contributed by atoms with van der Waals surface area (Å²) < 4.78 is 0. The number of carboxylic acid groups (broad SMARTS) is 1. The van der Waals surface area contributed by atoms with Crippen molar-refractivity contribution in [1.29, 1.82) is 0 Å². The highest BCUT2D eigenvalue weighted by molar-refractivity contribution is 5.96. The molecule has 0 fully saturated rings. The smallest absolute Gasteiger partial charge is 0.335 e. The molecule has 0 bridgehead atoms. The number of hydrogen-bond acceptors (Lipinski definition) is 2. The van der Waals surface area contributed by atoms with Crippen LogP contribution < -0.4 is 5.32 Å². The highest BCUT2D eigenvalue weighted by Crippen LogP contribution is 2.26. The number of hydrogen-bond donors (Lipinski definition) is 2. The summed E-state index contributed by atoms with van der Waals surface area (Å²) in [6.45, 7) is 10.3. The molecule has 1 amide bonds. The van der Waals surface area contributed by atoms with E-state index in [0.29, 0.717) is 17.4 Å². The zero-order chi connectivity index (χ0) is 15.5. The van der Waals surface area contributed by atoms with E-state index in [-0.39, 0.29) is 17.0 Å². The van der Waals surface area contributed by atoms with Gasteiger partial charge in [-0.3, -0.25) is 4.79 Å². The average molecular weight is 277 g/mol. The normalized spacial score (nSPS) is 11.8. The predicted molar refractivity (Wildman–Crippen MR) is 78.9 cm³/mol. The van der Waals surface area contributed by atoms with Crippen molar-refractivity contribution in [2.75, 3.05) is 0 Å². The SMILES string of the molecule is CC(C)C(C)(NC(=O)c1ccc(C(=O)O)cc1)C(C)C. The third-order valence-corrected chi connectivity index (χ3v) is 4.18. The van der Waals surface area contributed by atoms with Crippen LogP contribution >= 0.6 is 0 Å². The molecule has 4 heteroatoms. The van der Waals surface area contributed by atoms with Crippen molar-refractivity contribution in [3.63, 3.8) is 0 Å². The molecule has 2 N–H and O–H groups in total. The molecular weight excluding hydrogens is 254 g/mol. The van der Waals surface area contributed by atoms with Crippen molar-refractivity contribution >= 4 is 11.9 Å². The van der Waals surface area contributed by atoms with Gasteiger partial charge >= 0.3 is 5.97 Å². The second-order valence-electron chi connectivity index (χ2n) is 5.93. The average Bonchev–Trinajstić information content (AvgIpc) is 2.38. The molecular formula is C16H23NO3. The van der Waals surface area contributed by atoms with E-state index in [0.717, 1.165) is 0 Å². The van der Waals surface area contributed by atoms with Gasteiger partial charge < -0.3 is 10.4 Å². The molecule has 0 aliphatic carbocycles. The van der Waals surface area contributed by atoms with Gasteiger partial charge in [-0.1, -0.05) is 27.7 Å². The molecule has 0 heterocycles. The number of rotatable bonds is 5. The number of nitrogens with one attached hydrogen (secondary N) is 1. The summed E-state index contributed by atoms with van der Waals surface area (Å²) in [6, 6.07) is 5.97. The monoisotopic (exact) mass is 277 g/mol. The lowest BCUT2D eigenvalue weighted by molar-refractivity contribution is 0.0695. The van der Waals surface area contributed by atoms with Crippen molar-refractivity contribution in [2.24, 2.45) is 11.8 Å². The summed E-state index contributed by atoms with van der Waals surface area (Å²) in [7, 11) is 0. The van der Waals surface area contributed by atoms with E-state index in [4.69, 9.17) is 5.11 Å². The molecule has 20 heavy (non-hydrogen) atoms. The number of carbonyl (C=O) groups excluding carboxylic acids is 1. The third-order valence-electron chi connectivity index (χ3n) is 4.18. The van der Waals surface area contributed by atoms with Crippen LogP contribution in [0.5, 0.6) is 0 Å². The predicted octanol–water partition coefficient (Wildman–Crippen LogP) is 3.19. The fourth-order valence-electron chi connectivity index (χ4n) is 2.04. The topological polar surface area (TPSA) is 66.4 Å². The van der Waals surface area contributed by atoms with E-state index in [2.05, 4.69) is 33.0 Å². The van der Waals surface area contributed by atoms with Gasteiger partial charge in [0, 0.05) is 11.1 Å². The van der Waals surface area contributed by atoms with E-state index in [1.807, 2.05) is 6.92 Å². The first-order valence-electron chi connectivity index (χ1n) is 6.84. The molecule has 0 saturated carbocycles. The van der Waals surface area contributed by atoms with Crippen LogP contribution in [0.2, 0.25) is 0 Å². The molecule has 1 rings (SSSR count). The second-order valence-corrected chi connectivity index (χ2v) is 5.93. The first kappa shape index (κ1) is 16.2. The Labute approximate surface area is 120 Å². The van der Waals surface area contributed by atoms with Crippen LogP contribution in [-0.2, 0) is 0 Å². The lowest BCUT2D eigenvalue weighted by Crippen LogP contribution is -2.53. The summed E-state index contributed by atoms with van der Waals surface area (Å²) >= 11 is 0. The minimum atomic E-state index is -0.994. The van der Waals surface area contributed by atoms with Crippen LogP contribution in [-0.4, -0.2) is 22.5 Å². The zero-order valence-electron chi connectivity index (χ0n) is 12.7. The highest BCUT2D eigenvalue weighted by Gasteiger charge is 2.33. The number of aromatic carboxylic acids is 1. The maximum absolute atomic E-state index is 12.3. The Morgan fingerprint density at radius 1 is 1.00 bits per heavy atom.